The van der Waals surface area contributed by atoms with Gasteiger partial charge in [0, 0.05) is 51.0 Å². The highest BCUT2D eigenvalue weighted by Gasteiger charge is 2.26. The highest BCUT2D eigenvalue weighted by Crippen LogP contribution is 2.27. The molecule has 3 heterocycles. The van der Waals surface area contributed by atoms with E-state index in [2.05, 4.69) is 49.9 Å². The molecule has 10 nitrogen and oxygen atoms in total. The number of nitrogens with zero attached hydrogens (tertiary/aromatic N) is 5. The zero-order chi connectivity index (χ0) is 27.3. The van der Waals surface area contributed by atoms with Crippen LogP contribution in [0.5, 0.6) is 5.75 Å². The number of nitrogens with two attached hydrogens (primary N) is 1. The predicted molar refractivity (Wildman–Crippen MR) is 151 cm³/mol. The van der Waals surface area contributed by atoms with Crippen LogP contribution in [0.4, 0.5) is 16.6 Å². The number of aromatic nitrogens is 3. The third-order valence-electron chi connectivity index (χ3n) is 6.57. The third kappa shape index (κ3) is 6.86. The van der Waals surface area contributed by atoms with Gasteiger partial charge in [-0.3, -0.25) is 4.90 Å². The van der Waals surface area contributed by atoms with Crippen molar-refractivity contribution in [3.63, 3.8) is 0 Å². The van der Waals surface area contributed by atoms with Gasteiger partial charge >= 0.3 is 6.09 Å². The third-order valence-corrected chi connectivity index (χ3v) is 6.57. The number of amides is 1. The predicted octanol–water partition coefficient (Wildman–Crippen LogP) is 4.34. The molecule has 1 aliphatic rings. The number of nitrogen functional groups attached to an aromatic ring is 1. The van der Waals surface area contributed by atoms with Gasteiger partial charge in [0.2, 0.25) is 5.95 Å². The Hall–Kier alpha value is -3.53. The summed E-state index contributed by atoms with van der Waals surface area (Å²) in [6.45, 7) is 13.0. The standard InChI is InChI=1S/C28H41N7O3/c1-6-7-11-30-25-24-22(31-26(29)32-25)10-12-35(24)19-21-9-8-20(17-23(21)37-5)18-33-13-15-34(16-14-33)27(36)38-28(2,3)4/h8-10,12,17H,6-7,11,13-16,18-19H2,1-5H3,(H3,29,30,31,32). The van der Waals surface area contributed by atoms with Crippen molar-refractivity contribution >= 4 is 28.9 Å². The minimum Gasteiger partial charge on any atom is -0.496 e. The molecule has 2 aromatic heterocycles. The van der Waals surface area contributed by atoms with Gasteiger partial charge in [-0.15, -0.1) is 0 Å². The number of hydrogen-bond donors (Lipinski definition) is 2. The highest BCUT2D eigenvalue weighted by atomic mass is 16.6. The van der Waals surface area contributed by atoms with Crippen molar-refractivity contribution in [3.8, 4) is 5.75 Å². The first kappa shape index (κ1) is 27.5. The molecule has 3 N–H and O–H groups in total. The molecule has 1 aromatic carbocycles. The normalized spacial score (nSPS) is 14.6. The summed E-state index contributed by atoms with van der Waals surface area (Å²) in [4.78, 5) is 25.4. The summed E-state index contributed by atoms with van der Waals surface area (Å²) in [5.41, 5.74) is 9.47. The van der Waals surface area contributed by atoms with E-state index in [1.165, 1.54) is 5.56 Å². The molecule has 0 aliphatic carbocycles. The van der Waals surface area contributed by atoms with Crippen LogP contribution in [-0.4, -0.2) is 75.9 Å². The van der Waals surface area contributed by atoms with Crippen molar-refractivity contribution in [2.75, 3.05) is 50.9 Å². The van der Waals surface area contributed by atoms with Crippen LogP contribution >= 0.6 is 0 Å². The molecule has 0 saturated carbocycles. The number of methoxy groups -OCH3 is 1. The molecule has 1 aliphatic heterocycles. The van der Waals surface area contributed by atoms with Crippen molar-refractivity contribution < 1.29 is 14.3 Å². The highest BCUT2D eigenvalue weighted by molar-refractivity contribution is 5.87. The van der Waals surface area contributed by atoms with Crippen molar-refractivity contribution in [1.29, 1.82) is 0 Å². The topological polar surface area (TPSA) is 111 Å². The summed E-state index contributed by atoms with van der Waals surface area (Å²) in [6.07, 6.45) is 3.93. The van der Waals surface area contributed by atoms with Crippen LogP contribution in [0.1, 0.15) is 51.7 Å². The second-order valence-corrected chi connectivity index (χ2v) is 10.8. The molecule has 10 heteroatoms. The zero-order valence-corrected chi connectivity index (χ0v) is 23.3. The van der Waals surface area contributed by atoms with Crippen molar-refractivity contribution in [2.24, 2.45) is 0 Å². The maximum atomic E-state index is 12.4. The van der Waals surface area contributed by atoms with Crippen LogP contribution in [0.3, 0.4) is 0 Å². The summed E-state index contributed by atoms with van der Waals surface area (Å²) < 4.78 is 13.4. The number of unbranched alkanes of at least 4 members (excludes halogenated alkanes) is 1. The first-order valence-electron chi connectivity index (χ1n) is 13.4. The van der Waals surface area contributed by atoms with E-state index in [1.807, 2.05) is 33.0 Å². The number of piperazine rings is 1. The Morgan fingerprint density at radius 1 is 1.11 bits per heavy atom. The van der Waals surface area contributed by atoms with E-state index in [9.17, 15) is 4.79 Å². The number of anilines is 2. The molecule has 206 valence electrons. The molecule has 38 heavy (non-hydrogen) atoms. The van der Waals surface area contributed by atoms with Crippen molar-refractivity contribution in [2.45, 2.75) is 59.2 Å². The van der Waals surface area contributed by atoms with E-state index in [-0.39, 0.29) is 12.0 Å². The minimum atomic E-state index is -0.479. The SMILES string of the molecule is CCCCNc1nc(N)nc2ccn(Cc3ccc(CN4CCN(C(=O)OC(C)(C)C)CC4)cc3OC)c12. The fourth-order valence-electron chi connectivity index (χ4n) is 4.64. The largest absolute Gasteiger partial charge is 0.496 e. The van der Waals surface area contributed by atoms with Crippen LogP contribution in [-0.2, 0) is 17.8 Å². The summed E-state index contributed by atoms with van der Waals surface area (Å²) in [6, 6.07) is 8.35. The first-order chi connectivity index (χ1) is 18.2. The zero-order valence-electron chi connectivity index (χ0n) is 23.3. The lowest BCUT2D eigenvalue weighted by molar-refractivity contribution is 0.0139. The molecular formula is C28H41N7O3. The Kier molecular flexibility index (Phi) is 8.61. The maximum absolute atomic E-state index is 12.4. The number of ether oxygens (including phenoxy) is 2. The fourth-order valence-corrected chi connectivity index (χ4v) is 4.64. The Balaban J connectivity index is 1.43. The number of hydrogen-bond acceptors (Lipinski definition) is 8. The number of benzene rings is 1. The van der Waals surface area contributed by atoms with Gasteiger partial charge in [-0.2, -0.15) is 4.98 Å². The van der Waals surface area contributed by atoms with Crippen LogP contribution in [0.15, 0.2) is 30.5 Å². The second-order valence-electron chi connectivity index (χ2n) is 10.8. The molecule has 0 unspecified atom stereocenters. The van der Waals surface area contributed by atoms with Crippen LogP contribution in [0.2, 0.25) is 0 Å². The van der Waals surface area contributed by atoms with E-state index in [1.54, 1.807) is 12.0 Å². The average Bonchev–Trinajstić information content (AvgIpc) is 3.26. The van der Waals surface area contributed by atoms with E-state index in [4.69, 9.17) is 15.2 Å². The van der Waals surface area contributed by atoms with Crippen LogP contribution < -0.4 is 15.8 Å². The van der Waals surface area contributed by atoms with Gasteiger partial charge in [-0.25, -0.2) is 9.78 Å². The van der Waals surface area contributed by atoms with E-state index in [0.717, 1.165) is 67.2 Å². The number of carbonyl (C=O) groups is 1. The monoisotopic (exact) mass is 523 g/mol. The molecule has 4 rings (SSSR count). The minimum absolute atomic E-state index is 0.238. The van der Waals surface area contributed by atoms with E-state index in [0.29, 0.717) is 19.6 Å². The van der Waals surface area contributed by atoms with Gasteiger partial charge in [0.25, 0.3) is 0 Å². The summed E-state index contributed by atoms with van der Waals surface area (Å²) >= 11 is 0. The summed E-state index contributed by atoms with van der Waals surface area (Å²) in [7, 11) is 1.71. The number of carbonyl (C=O) groups excluding carboxylic acids is 1. The smallest absolute Gasteiger partial charge is 0.410 e. The molecule has 0 spiro atoms. The Labute approximate surface area is 225 Å². The lowest BCUT2D eigenvalue weighted by atomic mass is 10.1. The molecule has 0 radical (unpaired) electrons. The van der Waals surface area contributed by atoms with Gasteiger partial charge in [0.1, 0.15) is 16.9 Å². The first-order valence-corrected chi connectivity index (χ1v) is 13.4. The number of fused-ring (bicyclic) bond motifs is 1. The molecular weight excluding hydrogens is 482 g/mol. The number of nitrogens with one attached hydrogen (secondary N) is 1. The van der Waals surface area contributed by atoms with Crippen molar-refractivity contribution in [3.05, 3.63) is 41.6 Å². The van der Waals surface area contributed by atoms with Crippen LogP contribution in [0, 0.1) is 0 Å². The lowest BCUT2D eigenvalue weighted by Gasteiger charge is -2.35. The lowest BCUT2D eigenvalue weighted by Crippen LogP contribution is -2.49. The molecule has 0 atom stereocenters. The quantitative estimate of drug-likeness (QED) is 0.399. The van der Waals surface area contributed by atoms with E-state index >= 15 is 0 Å². The van der Waals surface area contributed by atoms with Gasteiger partial charge in [-0.05, 0) is 44.9 Å². The fraction of sp³-hybridized carbons (Fsp3) is 0.536. The van der Waals surface area contributed by atoms with E-state index < -0.39 is 5.60 Å². The molecule has 1 fully saturated rings. The molecule has 0 bridgehead atoms. The Morgan fingerprint density at radius 3 is 2.55 bits per heavy atom. The van der Waals surface area contributed by atoms with Gasteiger partial charge in [0.15, 0.2) is 5.82 Å². The van der Waals surface area contributed by atoms with Crippen molar-refractivity contribution in [1.82, 2.24) is 24.3 Å². The maximum Gasteiger partial charge on any atom is 0.410 e. The summed E-state index contributed by atoms with van der Waals surface area (Å²) in [5, 5.41) is 3.42. The molecule has 3 aromatic rings. The van der Waals surface area contributed by atoms with Gasteiger partial charge < -0.3 is 30.0 Å². The van der Waals surface area contributed by atoms with Gasteiger partial charge in [-0.1, -0.05) is 25.5 Å². The Bertz CT molecular complexity index is 1240. The Morgan fingerprint density at radius 2 is 1.87 bits per heavy atom. The average molecular weight is 524 g/mol. The molecule has 1 saturated heterocycles. The molecule has 1 amide bonds. The summed E-state index contributed by atoms with van der Waals surface area (Å²) in [5.74, 6) is 1.86. The van der Waals surface area contributed by atoms with Gasteiger partial charge in [0.05, 0.1) is 19.2 Å². The van der Waals surface area contributed by atoms with Crippen LogP contribution in [0.25, 0.3) is 11.0 Å². The number of rotatable bonds is 9. The second kappa shape index (κ2) is 11.9.